The van der Waals surface area contributed by atoms with Crippen molar-refractivity contribution in [2.75, 3.05) is 27.2 Å². The normalized spacial score (nSPS) is 15.2. The molecule has 1 aromatic heterocycles. The third kappa shape index (κ3) is 6.17. The first kappa shape index (κ1) is 14.6. The highest BCUT2D eigenvalue weighted by Crippen LogP contribution is 2.16. The van der Waals surface area contributed by atoms with Gasteiger partial charge in [0.2, 0.25) is 0 Å². The van der Waals surface area contributed by atoms with Gasteiger partial charge in [0.15, 0.2) is 0 Å². The van der Waals surface area contributed by atoms with Crippen LogP contribution in [0.5, 0.6) is 0 Å². The molecule has 0 aromatic carbocycles. The van der Waals surface area contributed by atoms with Crippen LogP contribution in [0.15, 0.2) is 12.1 Å². The molecule has 0 amide bonds. The van der Waals surface area contributed by atoms with Crippen LogP contribution in [0.25, 0.3) is 0 Å². The SMILES string of the molecule is Cc1ccc(CC(C)NCC(O)CN(C)C)s1. The van der Waals surface area contributed by atoms with Crippen molar-refractivity contribution in [1.29, 1.82) is 0 Å². The summed E-state index contributed by atoms with van der Waals surface area (Å²) in [6.45, 7) is 5.66. The quantitative estimate of drug-likeness (QED) is 0.776. The molecule has 2 N–H and O–H groups in total. The van der Waals surface area contributed by atoms with Gasteiger partial charge in [0.05, 0.1) is 6.10 Å². The second-order valence-corrected chi connectivity index (χ2v) is 6.31. The highest BCUT2D eigenvalue weighted by Gasteiger charge is 2.09. The Balaban J connectivity index is 2.23. The molecule has 0 saturated carbocycles. The van der Waals surface area contributed by atoms with Crippen molar-refractivity contribution in [3.63, 3.8) is 0 Å². The van der Waals surface area contributed by atoms with Crippen LogP contribution < -0.4 is 5.32 Å². The number of thiophene rings is 1. The van der Waals surface area contributed by atoms with E-state index in [1.54, 1.807) is 0 Å². The predicted molar refractivity (Wildman–Crippen MR) is 74.8 cm³/mol. The maximum atomic E-state index is 9.74. The van der Waals surface area contributed by atoms with Gasteiger partial charge in [0, 0.05) is 28.9 Å². The highest BCUT2D eigenvalue weighted by molar-refractivity contribution is 7.11. The van der Waals surface area contributed by atoms with E-state index in [0.717, 1.165) is 6.42 Å². The Hall–Kier alpha value is -0.420. The molecular weight excluding hydrogens is 232 g/mol. The van der Waals surface area contributed by atoms with E-state index in [2.05, 4.69) is 31.3 Å². The van der Waals surface area contributed by atoms with E-state index >= 15 is 0 Å². The fraction of sp³-hybridized carbons (Fsp3) is 0.692. The molecule has 0 radical (unpaired) electrons. The molecular formula is C13H24N2OS. The van der Waals surface area contributed by atoms with Gasteiger partial charge in [-0.05, 0) is 46.5 Å². The Kier molecular flexibility index (Phi) is 6.12. The molecule has 98 valence electrons. The minimum Gasteiger partial charge on any atom is -0.390 e. The van der Waals surface area contributed by atoms with E-state index in [0.29, 0.717) is 19.1 Å². The van der Waals surface area contributed by atoms with Crippen LogP contribution in [-0.2, 0) is 6.42 Å². The topological polar surface area (TPSA) is 35.5 Å². The van der Waals surface area contributed by atoms with E-state index in [4.69, 9.17) is 0 Å². The number of rotatable bonds is 7. The number of aliphatic hydroxyl groups is 1. The van der Waals surface area contributed by atoms with E-state index in [-0.39, 0.29) is 6.10 Å². The Morgan fingerprint density at radius 2 is 2.12 bits per heavy atom. The zero-order valence-corrected chi connectivity index (χ0v) is 12.0. The highest BCUT2D eigenvalue weighted by atomic mass is 32.1. The van der Waals surface area contributed by atoms with Gasteiger partial charge >= 0.3 is 0 Å². The maximum absolute atomic E-state index is 9.74. The smallest absolute Gasteiger partial charge is 0.0791 e. The zero-order chi connectivity index (χ0) is 12.8. The second-order valence-electron chi connectivity index (χ2n) is 4.94. The number of hydrogen-bond donors (Lipinski definition) is 2. The Morgan fingerprint density at radius 3 is 2.65 bits per heavy atom. The van der Waals surface area contributed by atoms with Crippen LogP contribution in [0.4, 0.5) is 0 Å². The average molecular weight is 256 g/mol. The van der Waals surface area contributed by atoms with E-state index in [1.807, 2.05) is 30.3 Å². The van der Waals surface area contributed by atoms with Crippen molar-refractivity contribution in [2.45, 2.75) is 32.4 Å². The number of nitrogens with zero attached hydrogens (tertiary/aromatic N) is 1. The Morgan fingerprint density at radius 1 is 1.41 bits per heavy atom. The van der Waals surface area contributed by atoms with Crippen LogP contribution >= 0.6 is 11.3 Å². The lowest BCUT2D eigenvalue weighted by Crippen LogP contribution is -2.39. The van der Waals surface area contributed by atoms with Crippen LogP contribution in [0.3, 0.4) is 0 Å². The van der Waals surface area contributed by atoms with Crippen LogP contribution in [-0.4, -0.2) is 49.3 Å². The molecule has 0 bridgehead atoms. The van der Waals surface area contributed by atoms with E-state index in [1.165, 1.54) is 9.75 Å². The third-order valence-corrected chi connectivity index (χ3v) is 3.60. The molecule has 1 aromatic rings. The minimum atomic E-state index is -0.294. The van der Waals surface area contributed by atoms with Crippen LogP contribution in [0.2, 0.25) is 0 Å². The summed E-state index contributed by atoms with van der Waals surface area (Å²) in [5.41, 5.74) is 0. The summed E-state index contributed by atoms with van der Waals surface area (Å²) in [6, 6.07) is 4.76. The summed E-state index contributed by atoms with van der Waals surface area (Å²) in [5, 5.41) is 13.1. The molecule has 4 heteroatoms. The summed E-state index contributed by atoms with van der Waals surface area (Å²) < 4.78 is 0. The molecule has 0 aliphatic heterocycles. The molecule has 2 unspecified atom stereocenters. The number of aryl methyl sites for hydroxylation is 1. The molecule has 17 heavy (non-hydrogen) atoms. The van der Waals surface area contributed by atoms with Gasteiger partial charge in [-0.3, -0.25) is 0 Å². The molecule has 1 rings (SSSR count). The average Bonchev–Trinajstić information content (AvgIpc) is 2.60. The van der Waals surface area contributed by atoms with Gasteiger partial charge in [-0.25, -0.2) is 0 Å². The number of aliphatic hydroxyl groups excluding tert-OH is 1. The first-order valence-electron chi connectivity index (χ1n) is 6.09. The monoisotopic (exact) mass is 256 g/mol. The fourth-order valence-electron chi connectivity index (χ4n) is 1.79. The number of nitrogens with one attached hydrogen (secondary N) is 1. The molecule has 0 aliphatic rings. The summed E-state index contributed by atoms with van der Waals surface area (Å²) >= 11 is 1.85. The van der Waals surface area contributed by atoms with Crippen molar-refractivity contribution in [2.24, 2.45) is 0 Å². The van der Waals surface area contributed by atoms with Crippen molar-refractivity contribution < 1.29 is 5.11 Å². The standard InChI is InChI=1S/C13H24N2OS/c1-10(7-13-6-5-11(2)17-13)14-8-12(16)9-15(3)4/h5-6,10,12,14,16H,7-9H2,1-4H3. The molecule has 0 saturated heterocycles. The first-order valence-corrected chi connectivity index (χ1v) is 6.90. The van der Waals surface area contributed by atoms with Crippen molar-refractivity contribution in [3.05, 3.63) is 21.9 Å². The molecule has 0 fully saturated rings. The van der Waals surface area contributed by atoms with Crippen molar-refractivity contribution in [3.8, 4) is 0 Å². The van der Waals surface area contributed by atoms with Gasteiger partial charge in [0.25, 0.3) is 0 Å². The molecule has 0 spiro atoms. The summed E-state index contributed by atoms with van der Waals surface area (Å²) in [4.78, 5) is 4.77. The molecule has 2 atom stereocenters. The van der Waals surface area contributed by atoms with Gasteiger partial charge in [-0.2, -0.15) is 0 Å². The minimum absolute atomic E-state index is 0.294. The van der Waals surface area contributed by atoms with E-state index in [9.17, 15) is 5.11 Å². The summed E-state index contributed by atoms with van der Waals surface area (Å²) in [5.74, 6) is 0. The lowest BCUT2D eigenvalue weighted by Gasteiger charge is -2.19. The summed E-state index contributed by atoms with van der Waals surface area (Å²) in [6.07, 6.45) is 0.741. The lowest BCUT2D eigenvalue weighted by atomic mass is 10.2. The second kappa shape index (κ2) is 7.11. The zero-order valence-electron chi connectivity index (χ0n) is 11.2. The third-order valence-electron chi connectivity index (χ3n) is 2.58. The molecule has 3 nitrogen and oxygen atoms in total. The van der Waals surface area contributed by atoms with Crippen LogP contribution in [0.1, 0.15) is 16.7 Å². The number of likely N-dealkylation sites (N-methyl/N-ethyl adjacent to an activating group) is 1. The van der Waals surface area contributed by atoms with Gasteiger partial charge in [0.1, 0.15) is 0 Å². The molecule has 1 heterocycles. The molecule has 0 aliphatic carbocycles. The summed E-state index contributed by atoms with van der Waals surface area (Å²) in [7, 11) is 3.95. The fourth-order valence-corrected chi connectivity index (χ4v) is 2.81. The maximum Gasteiger partial charge on any atom is 0.0791 e. The Labute approximate surface area is 108 Å². The largest absolute Gasteiger partial charge is 0.390 e. The first-order chi connectivity index (χ1) is 7.97. The van der Waals surface area contributed by atoms with Crippen molar-refractivity contribution in [1.82, 2.24) is 10.2 Å². The lowest BCUT2D eigenvalue weighted by molar-refractivity contribution is 0.132. The van der Waals surface area contributed by atoms with E-state index < -0.39 is 0 Å². The predicted octanol–water partition coefficient (Wildman–Crippen LogP) is 1.50. The van der Waals surface area contributed by atoms with Gasteiger partial charge in [-0.15, -0.1) is 11.3 Å². The number of hydrogen-bond acceptors (Lipinski definition) is 4. The van der Waals surface area contributed by atoms with Crippen LogP contribution in [0, 0.1) is 6.92 Å². The Bertz CT molecular complexity index is 325. The van der Waals surface area contributed by atoms with Gasteiger partial charge in [-0.1, -0.05) is 0 Å². The van der Waals surface area contributed by atoms with Gasteiger partial charge < -0.3 is 15.3 Å². The van der Waals surface area contributed by atoms with Crippen molar-refractivity contribution >= 4 is 11.3 Å².